The van der Waals surface area contributed by atoms with E-state index in [9.17, 15) is 13.6 Å². The molecule has 0 bridgehead atoms. The molecule has 0 spiro atoms. The van der Waals surface area contributed by atoms with E-state index in [0.29, 0.717) is 5.56 Å². The third-order valence-corrected chi connectivity index (χ3v) is 3.86. The lowest BCUT2D eigenvalue weighted by Gasteiger charge is -2.15. The van der Waals surface area contributed by atoms with Gasteiger partial charge in [-0.05, 0) is 31.7 Å². The highest BCUT2D eigenvalue weighted by molar-refractivity contribution is 5.47. The van der Waals surface area contributed by atoms with Gasteiger partial charge in [-0.1, -0.05) is 24.3 Å². The van der Waals surface area contributed by atoms with Crippen LogP contribution in [0.3, 0.4) is 0 Å². The van der Waals surface area contributed by atoms with E-state index in [1.54, 1.807) is 18.2 Å². The summed E-state index contributed by atoms with van der Waals surface area (Å²) in [7, 11) is 0. The topological polar surface area (TPSA) is 46.9 Å². The lowest BCUT2D eigenvalue weighted by molar-refractivity contribution is 0.597. The molecule has 4 nitrogen and oxygen atoms in total. The quantitative estimate of drug-likeness (QED) is 0.938. The summed E-state index contributed by atoms with van der Waals surface area (Å²) in [4.78, 5) is 15.9. The normalized spacial score (nSPS) is 14.4. The summed E-state index contributed by atoms with van der Waals surface area (Å²) in [6.07, 6.45) is 6.78. The van der Waals surface area contributed by atoms with Gasteiger partial charge in [-0.2, -0.15) is 4.98 Å². The molecule has 0 amide bonds. The zero-order chi connectivity index (χ0) is 16.2. The summed E-state index contributed by atoms with van der Waals surface area (Å²) < 4.78 is 29.0. The molecule has 1 aromatic carbocycles. The predicted octanol–water partition coefficient (Wildman–Crippen LogP) is 3.55. The monoisotopic (exact) mass is 317 g/mol. The second-order valence-corrected chi connectivity index (χ2v) is 5.48. The molecule has 0 radical (unpaired) electrons. The van der Waals surface area contributed by atoms with Crippen molar-refractivity contribution in [2.75, 3.05) is 5.32 Å². The Hall–Kier alpha value is -2.50. The summed E-state index contributed by atoms with van der Waals surface area (Å²) in [5.41, 5.74) is 0.636. The highest BCUT2D eigenvalue weighted by Gasteiger charge is 2.13. The van der Waals surface area contributed by atoms with E-state index < -0.39 is 11.5 Å². The second kappa shape index (κ2) is 6.73. The SMILES string of the molecule is O=c1nc(NCc2ccccc2F)c(F)cn1C1=CCCCC1. The molecule has 120 valence electrons. The highest BCUT2D eigenvalue weighted by Crippen LogP contribution is 2.21. The van der Waals surface area contributed by atoms with Crippen molar-refractivity contribution >= 4 is 11.5 Å². The van der Waals surface area contributed by atoms with Crippen molar-refractivity contribution < 1.29 is 8.78 Å². The molecule has 6 heteroatoms. The van der Waals surface area contributed by atoms with Crippen LogP contribution in [0.25, 0.3) is 5.70 Å². The van der Waals surface area contributed by atoms with Crippen LogP contribution in [0.15, 0.2) is 41.3 Å². The minimum atomic E-state index is -0.632. The van der Waals surface area contributed by atoms with Gasteiger partial charge in [0.25, 0.3) is 0 Å². The van der Waals surface area contributed by atoms with E-state index in [1.165, 1.54) is 10.6 Å². The van der Waals surface area contributed by atoms with E-state index in [4.69, 9.17) is 0 Å². The van der Waals surface area contributed by atoms with Crippen molar-refractivity contribution in [3.8, 4) is 0 Å². The minimum absolute atomic E-state index is 0.0583. The summed E-state index contributed by atoms with van der Waals surface area (Å²) in [5.74, 6) is -1.18. The van der Waals surface area contributed by atoms with Crippen molar-refractivity contribution in [1.82, 2.24) is 9.55 Å². The lowest BCUT2D eigenvalue weighted by atomic mass is 10.0. The molecule has 0 fully saturated rings. The Morgan fingerprint density at radius 3 is 2.74 bits per heavy atom. The number of anilines is 1. The Balaban J connectivity index is 1.81. The predicted molar refractivity (Wildman–Crippen MR) is 84.9 cm³/mol. The van der Waals surface area contributed by atoms with Crippen LogP contribution < -0.4 is 11.0 Å². The first kappa shape index (κ1) is 15.4. The van der Waals surface area contributed by atoms with Crippen LogP contribution in [-0.4, -0.2) is 9.55 Å². The Bertz CT molecular complexity index is 799. The molecular formula is C17H17F2N3O. The van der Waals surface area contributed by atoms with Crippen LogP contribution in [0.4, 0.5) is 14.6 Å². The molecular weight excluding hydrogens is 300 g/mol. The molecule has 1 N–H and O–H groups in total. The van der Waals surface area contributed by atoms with Crippen LogP contribution in [-0.2, 0) is 6.54 Å². The fraction of sp³-hybridized carbons (Fsp3) is 0.294. The minimum Gasteiger partial charge on any atom is -0.363 e. The molecule has 1 aromatic heterocycles. The van der Waals surface area contributed by atoms with Gasteiger partial charge >= 0.3 is 5.69 Å². The molecule has 23 heavy (non-hydrogen) atoms. The van der Waals surface area contributed by atoms with E-state index in [0.717, 1.165) is 37.6 Å². The highest BCUT2D eigenvalue weighted by atomic mass is 19.1. The fourth-order valence-electron chi connectivity index (χ4n) is 2.62. The van der Waals surface area contributed by atoms with E-state index in [1.807, 2.05) is 6.08 Å². The van der Waals surface area contributed by atoms with Gasteiger partial charge in [0.2, 0.25) is 0 Å². The smallest absolute Gasteiger partial charge is 0.354 e. The molecule has 1 aliphatic carbocycles. The average molecular weight is 317 g/mol. The van der Waals surface area contributed by atoms with Crippen molar-refractivity contribution in [2.24, 2.45) is 0 Å². The number of allylic oxidation sites excluding steroid dienone is 2. The molecule has 1 aliphatic rings. The maximum atomic E-state index is 14.2. The maximum Gasteiger partial charge on any atom is 0.354 e. The summed E-state index contributed by atoms with van der Waals surface area (Å²) in [5, 5.41) is 2.68. The van der Waals surface area contributed by atoms with Gasteiger partial charge in [-0.25, -0.2) is 13.6 Å². The maximum absolute atomic E-state index is 14.2. The molecule has 0 unspecified atom stereocenters. The third kappa shape index (κ3) is 3.47. The Kier molecular flexibility index (Phi) is 4.50. The number of halogens is 2. The average Bonchev–Trinajstić information content (AvgIpc) is 2.57. The zero-order valence-corrected chi connectivity index (χ0v) is 12.6. The van der Waals surface area contributed by atoms with Gasteiger partial charge in [-0.15, -0.1) is 0 Å². The van der Waals surface area contributed by atoms with Crippen molar-refractivity contribution in [2.45, 2.75) is 32.2 Å². The largest absolute Gasteiger partial charge is 0.363 e. The fourth-order valence-corrected chi connectivity index (χ4v) is 2.62. The first-order chi connectivity index (χ1) is 11.1. The number of hydrogen-bond acceptors (Lipinski definition) is 3. The summed E-state index contributed by atoms with van der Waals surface area (Å²) >= 11 is 0. The van der Waals surface area contributed by atoms with Gasteiger partial charge in [-0.3, -0.25) is 4.57 Å². The zero-order valence-electron chi connectivity index (χ0n) is 12.6. The molecule has 0 saturated heterocycles. The van der Waals surface area contributed by atoms with Crippen LogP contribution in [0.5, 0.6) is 0 Å². The molecule has 0 aliphatic heterocycles. The van der Waals surface area contributed by atoms with Crippen LogP contribution >= 0.6 is 0 Å². The van der Waals surface area contributed by atoms with Crippen LogP contribution in [0.2, 0.25) is 0 Å². The van der Waals surface area contributed by atoms with Crippen molar-refractivity contribution in [3.05, 3.63) is 64.2 Å². The van der Waals surface area contributed by atoms with E-state index in [2.05, 4.69) is 10.3 Å². The van der Waals surface area contributed by atoms with Crippen LogP contribution in [0, 0.1) is 11.6 Å². The standard InChI is InChI=1S/C17H17F2N3O/c18-14-9-5-4-6-12(14)10-20-16-15(19)11-22(17(23)21-16)13-7-2-1-3-8-13/h4-7,9,11H,1-3,8,10H2,(H,20,21,23). The second-order valence-electron chi connectivity index (χ2n) is 5.48. The van der Waals surface area contributed by atoms with E-state index >= 15 is 0 Å². The number of hydrogen-bond donors (Lipinski definition) is 1. The van der Waals surface area contributed by atoms with Crippen molar-refractivity contribution in [1.29, 1.82) is 0 Å². The molecule has 0 atom stereocenters. The first-order valence-corrected chi connectivity index (χ1v) is 7.61. The van der Waals surface area contributed by atoms with Gasteiger partial charge in [0.1, 0.15) is 5.82 Å². The molecule has 2 aromatic rings. The number of nitrogens with zero attached hydrogens (tertiary/aromatic N) is 2. The van der Waals surface area contributed by atoms with Crippen molar-refractivity contribution in [3.63, 3.8) is 0 Å². The summed E-state index contributed by atoms with van der Waals surface area (Å²) in [6.45, 7) is 0.0583. The lowest BCUT2D eigenvalue weighted by Crippen LogP contribution is -2.25. The number of rotatable bonds is 4. The Labute approximate surface area is 132 Å². The van der Waals surface area contributed by atoms with E-state index in [-0.39, 0.29) is 18.2 Å². The molecule has 0 saturated carbocycles. The number of nitrogens with one attached hydrogen (secondary N) is 1. The molecule has 1 heterocycles. The van der Waals surface area contributed by atoms with Gasteiger partial charge in [0.15, 0.2) is 11.6 Å². The Morgan fingerprint density at radius 1 is 1.17 bits per heavy atom. The first-order valence-electron chi connectivity index (χ1n) is 7.61. The number of aromatic nitrogens is 2. The van der Waals surface area contributed by atoms with Gasteiger partial charge in [0.05, 0.1) is 6.20 Å². The summed E-state index contributed by atoms with van der Waals surface area (Å²) in [6, 6.07) is 6.19. The van der Waals surface area contributed by atoms with Gasteiger partial charge < -0.3 is 5.32 Å². The van der Waals surface area contributed by atoms with Crippen LogP contribution in [0.1, 0.15) is 31.2 Å². The Morgan fingerprint density at radius 2 is 2.00 bits per heavy atom. The van der Waals surface area contributed by atoms with Gasteiger partial charge in [0, 0.05) is 17.8 Å². The third-order valence-electron chi connectivity index (χ3n) is 3.86. The number of benzene rings is 1. The molecule has 3 rings (SSSR count).